The van der Waals surface area contributed by atoms with Gasteiger partial charge in [-0.2, -0.15) is 0 Å². The highest BCUT2D eigenvalue weighted by atomic mass is 16.3. The van der Waals surface area contributed by atoms with E-state index in [0.717, 1.165) is 31.6 Å². The second-order valence-electron chi connectivity index (χ2n) is 4.41. The van der Waals surface area contributed by atoms with Crippen molar-refractivity contribution < 1.29 is 5.11 Å². The van der Waals surface area contributed by atoms with Crippen LogP contribution < -0.4 is 11.1 Å². The number of hydrogen-bond acceptors (Lipinski definition) is 4. The molecule has 0 saturated carbocycles. The van der Waals surface area contributed by atoms with Crippen molar-refractivity contribution in [3.63, 3.8) is 0 Å². The Kier molecular flexibility index (Phi) is 3.74. The van der Waals surface area contributed by atoms with Crippen LogP contribution in [0.5, 0.6) is 0 Å². The molecule has 4 heteroatoms. The summed E-state index contributed by atoms with van der Waals surface area (Å²) in [6.45, 7) is 2.01. The molecular weight excluding hydrogens is 202 g/mol. The minimum atomic E-state index is -0.295. The van der Waals surface area contributed by atoms with Crippen LogP contribution in [0.1, 0.15) is 18.5 Å². The SMILES string of the molecule is Nc1cccc(CC(O)C2CCNCC2)n1. The third-order valence-corrected chi connectivity index (χ3v) is 3.17. The molecule has 1 fully saturated rings. The number of aromatic nitrogens is 1. The van der Waals surface area contributed by atoms with Gasteiger partial charge in [-0.25, -0.2) is 4.98 Å². The maximum Gasteiger partial charge on any atom is 0.123 e. The molecule has 1 aromatic rings. The maximum absolute atomic E-state index is 10.1. The van der Waals surface area contributed by atoms with E-state index in [1.165, 1.54) is 0 Å². The van der Waals surface area contributed by atoms with Crippen LogP contribution in [0.2, 0.25) is 0 Å². The van der Waals surface area contributed by atoms with Gasteiger partial charge in [0.05, 0.1) is 6.10 Å². The van der Waals surface area contributed by atoms with Gasteiger partial charge in [-0.05, 0) is 44.0 Å². The van der Waals surface area contributed by atoms with Gasteiger partial charge in [-0.1, -0.05) is 6.07 Å². The normalized spacial score (nSPS) is 19.6. The quantitative estimate of drug-likeness (QED) is 0.697. The van der Waals surface area contributed by atoms with Crippen molar-refractivity contribution in [2.45, 2.75) is 25.4 Å². The predicted molar refractivity (Wildman–Crippen MR) is 64.0 cm³/mol. The van der Waals surface area contributed by atoms with Crippen molar-refractivity contribution in [3.8, 4) is 0 Å². The molecule has 1 unspecified atom stereocenters. The van der Waals surface area contributed by atoms with E-state index in [4.69, 9.17) is 5.73 Å². The molecule has 4 nitrogen and oxygen atoms in total. The highest BCUT2D eigenvalue weighted by Gasteiger charge is 2.21. The van der Waals surface area contributed by atoms with E-state index in [9.17, 15) is 5.11 Å². The number of aliphatic hydroxyl groups is 1. The van der Waals surface area contributed by atoms with Crippen LogP contribution in [0.25, 0.3) is 0 Å². The summed E-state index contributed by atoms with van der Waals surface area (Å²) in [4.78, 5) is 4.21. The molecule has 0 aliphatic carbocycles. The zero-order chi connectivity index (χ0) is 11.4. The second-order valence-corrected chi connectivity index (χ2v) is 4.41. The molecule has 1 atom stereocenters. The fourth-order valence-electron chi connectivity index (χ4n) is 2.22. The largest absolute Gasteiger partial charge is 0.392 e. The molecule has 1 aromatic heterocycles. The lowest BCUT2D eigenvalue weighted by Gasteiger charge is -2.27. The molecule has 2 rings (SSSR count). The van der Waals surface area contributed by atoms with Crippen molar-refractivity contribution in [3.05, 3.63) is 23.9 Å². The highest BCUT2D eigenvalue weighted by molar-refractivity contribution is 5.28. The monoisotopic (exact) mass is 221 g/mol. The van der Waals surface area contributed by atoms with Gasteiger partial charge in [0.1, 0.15) is 5.82 Å². The lowest BCUT2D eigenvalue weighted by Crippen LogP contribution is -2.35. The Balaban J connectivity index is 1.93. The summed E-state index contributed by atoms with van der Waals surface area (Å²) in [6.07, 6.45) is 2.40. The van der Waals surface area contributed by atoms with Crippen LogP contribution in [0, 0.1) is 5.92 Å². The molecule has 1 aliphatic rings. The van der Waals surface area contributed by atoms with Crippen LogP contribution in [-0.4, -0.2) is 29.3 Å². The van der Waals surface area contributed by atoms with Gasteiger partial charge in [-0.15, -0.1) is 0 Å². The number of hydrogen-bond donors (Lipinski definition) is 3. The Hall–Kier alpha value is -1.13. The van der Waals surface area contributed by atoms with Crippen LogP contribution in [0.15, 0.2) is 18.2 Å². The summed E-state index contributed by atoms with van der Waals surface area (Å²) in [5.74, 6) is 0.916. The first-order valence-corrected chi connectivity index (χ1v) is 5.86. The molecule has 0 amide bonds. The van der Waals surface area contributed by atoms with Gasteiger partial charge < -0.3 is 16.2 Å². The average Bonchev–Trinajstić information content (AvgIpc) is 2.30. The van der Waals surface area contributed by atoms with Gasteiger partial charge in [0, 0.05) is 12.1 Å². The van der Waals surface area contributed by atoms with Crippen molar-refractivity contribution in [1.29, 1.82) is 0 Å². The maximum atomic E-state index is 10.1. The van der Waals surface area contributed by atoms with E-state index in [0.29, 0.717) is 18.2 Å². The summed E-state index contributed by atoms with van der Waals surface area (Å²) < 4.78 is 0. The second kappa shape index (κ2) is 5.27. The number of anilines is 1. The van der Waals surface area contributed by atoms with E-state index in [1.54, 1.807) is 6.07 Å². The fourth-order valence-corrected chi connectivity index (χ4v) is 2.22. The van der Waals surface area contributed by atoms with E-state index >= 15 is 0 Å². The number of nitrogen functional groups attached to an aromatic ring is 1. The van der Waals surface area contributed by atoms with Crippen LogP contribution in [0.3, 0.4) is 0 Å². The summed E-state index contributed by atoms with van der Waals surface area (Å²) in [5, 5.41) is 13.4. The van der Waals surface area contributed by atoms with Gasteiger partial charge >= 0.3 is 0 Å². The lowest BCUT2D eigenvalue weighted by atomic mass is 9.90. The Morgan fingerprint density at radius 3 is 2.88 bits per heavy atom. The minimum Gasteiger partial charge on any atom is -0.392 e. The molecule has 88 valence electrons. The van der Waals surface area contributed by atoms with Crippen LogP contribution in [0.4, 0.5) is 5.82 Å². The highest BCUT2D eigenvalue weighted by Crippen LogP contribution is 2.19. The molecule has 4 N–H and O–H groups in total. The first-order chi connectivity index (χ1) is 7.75. The standard InChI is InChI=1S/C12H19N3O/c13-12-3-1-2-10(15-12)8-11(16)9-4-6-14-7-5-9/h1-3,9,11,14,16H,4-8H2,(H2,13,15). The number of rotatable bonds is 3. The molecule has 0 bridgehead atoms. The fraction of sp³-hybridized carbons (Fsp3) is 0.583. The number of nitrogens with one attached hydrogen (secondary N) is 1. The number of aliphatic hydroxyl groups excluding tert-OH is 1. The van der Waals surface area contributed by atoms with E-state index in [2.05, 4.69) is 10.3 Å². The van der Waals surface area contributed by atoms with Crippen molar-refractivity contribution in [2.75, 3.05) is 18.8 Å². The summed E-state index contributed by atoms with van der Waals surface area (Å²) >= 11 is 0. The summed E-state index contributed by atoms with van der Waals surface area (Å²) in [7, 11) is 0. The third kappa shape index (κ3) is 2.93. The number of pyridine rings is 1. The molecule has 1 aliphatic heterocycles. The molecular formula is C12H19N3O. The van der Waals surface area contributed by atoms with Crippen LogP contribution in [-0.2, 0) is 6.42 Å². The van der Waals surface area contributed by atoms with Crippen LogP contribution >= 0.6 is 0 Å². The number of nitrogens with two attached hydrogens (primary N) is 1. The first-order valence-electron chi connectivity index (χ1n) is 5.86. The first kappa shape index (κ1) is 11.4. The molecule has 0 aromatic carbocycles. The molecule has 1 saturated heterocycles. The van der Waals surface area contributed by atoms with E-state index in [1.807, 2.05) is 12.1 Å². The van der Waals surface area contributed by atoms with E-state index < -0.39 is 0 Å². The average molecular weight is 221 g/mol. The van der Waals surface area contributed by atoms with Gasteiger partial charge in [0.15, 0.2) is 0 Å². The summed E-state index contributed by atoms with van der Waals surface area (Å²) in [6, 6.07) is 5.56. The Labute approximate surface area is 95.9 Å². The molecule has 2 heterocycles. The minimum absolute atomic E-state index is 0.295. The zero-order valence-electron chi connectivity index (χ0n) is 9.39. The van der Waals surface area contributed by atoms with Gasteiger partial charge in [0.25, 0.3) is 0 Å². The van der Waals surface area contributed by atoms with E-state index in [-0.39, 0.29) is 6.10 Å². The van der Waals surface area contributed by atoms with Crippen molar-refractivity contribution in [2.24, 2.45) is 5.92 Å². The Bertz CT molecular complexity index is 337. The third-order valence-electron chi connectivity index (χ3n) is 3.17. The van der Waals surface area contributed by atoms with Gasteiger partial charge in [-0.3, -0.25) is 0 Å². The molecule has 0 radical (unpaired) electrons. The molecule has 16 heavy (non-hydrogen) atoms. The Morgan fingerprint density at radius 1 is 1.44 bits per heavy atom. The topological polar surface area (TPSA) is 71.2 Å². The Morgan fingerprint density at radius 2 is 2.19 bits per heavy atom. The summed E-state index contributed by atoms with van der Waals surface area (Å²) in [5.41, 5.74) is 6.49. The van der Waals surface area contributed by atoms with Gasteiger partial charge in [0.2, 0.25) is 0 Å². The van der Waals surface area contributed by atoms with Crippen molar-refractivity contribution >= 4 is 5.82 Å². The number of piperidine rings is 1. The lowest BCUT2D eigenvalue weighted by molar-refractivity contribution is 0.0882. The zero-order valence-corrected chi connectivity index (χ0v) is 9.39. The predicted octanol–water partition coefficient (Wildman–Crippen LogP) is 0.567. The van der Waals surface area contributed by atoms with Crippen molar-refractivity contribution in [1.82, 2.24) is 10.3 Å². The smallest absolute Gasteiger partial charge is 0.123 e. The molecule has 0 spiro atoms. The number of nitrogens with zero attached hydrogens (tertiary/aromatic N) is 1.